The Hall–Kier alpha value is -5.46. The average Bonchev–Trinajstić information content (AvgIpc) is 3.59. The van der Waals surface area contributed by atoms with Crippen molar-refractivity contribution in [2.75, 3.05) is 6.54 Å². The fraction of sp³-hybridized carbons (Fsp3) is 0.645. The van der Waals surface area contributed by atoms with E-state index in [9.17, 15) is 49.2 Å². The highest BCUT2D eigenvalue weighted by atomic mass is 16.5. The van der Waals surface area contributed by atoms with Crippen molar-refractivity contribution in [3.8, 4) is 5.75 Å². The molecule has 17 heteroatoms. The summed E-state index contributed by atoms with van der Waals surface area (Å²) in [5.41, 5.74) is 5.18. The van der Waals surface area contributed by atoms with E-state index >= 15 is 0 Å². The number of hydrazine groups is 1. The van der Waals surface area contributed by atoms with Crippen LogP contribution in [0.2, 0.25) is 0 Å². The van der Waals surface area contributed by atoms with E-state index in [4.69, 9.17) is 9.47 Å². The molecule has 0 radical (unpaired) electrons. The minimum absolute atomic E-state index is 0.00862. The van der Waals surface area contributed by atoms with Crippen molar-refractivity contribution in [3.05, 3.63) is 89.1 Å². The first-order valence-corrected chi connectivity index (χ1v) is 29.0. The molecule has 15 atom stereocenters. The lowest BCUT2D eigenvalue weighted by Gasteiger charge is -2.51. The number of benzene rings is 1. The number of aliphatic hydroxyl groups excluding tert-OH is 3. The van der Waals surface area contributed by atoms with Gasteiger partial charge in [0, 0.05) is 55.9 Å². The van der Waals surface area contributed by atoms with Crippen LogP contribution in [0.5, 0.6) is 5.75 Å². The molecule has 4 aliphatic rings. The third kappa shape index (κ3) is 17.3. The van der Waals surface area contributed by atoms with E-state index in [-0.39, 0.29) is 79.4 Å². The van der Waals surface area contributed by atoms with Crippen LogP contribution in [-0.4, -0.2) is 122 Å². The average molecular weight is 1100 g/mol. The molecule has 2 fully saturated rings. The lowest BCUT2D eigenvalue weighted by molar-refractivity contribution is -0.179. The minimum atomic E-state index is -1.43. The number of phenolic OH excluding ortho intramolecular Hbond substituents is 1. The van der Waals surface area contributed by atoms with Gasteiger partial charge in [0.05, 0.1) is 30.3 Å². The van der Waals surface area contributed by atoms with Crippen molar-refractivity contribution < 1.29 is 58.7 Å². The first kappa shape index (κ1) is 64.4. The van der Waals surface area contributed by atoms with Gasteiger partial charge in [-0.2, -0.15) is 0 Å². The molecule has 1 spiro atoms. The van der Waals surface area contributed by atoms with Gasteiger partial charge in [0.2, 0.25) is 17.7 Å². The maximum Gasteiger partial charge on any atom is 0.325 e. The second kappa shape index (κ2) is 29.8. The molecule has 8 N–H and O–H groups in total. The summed E-state index contributed by atoms with van der Waals surface area (Å²) in [6.07, 6.45) is 14.9. The van der Waals surface area contributed by atoms with Crippen LogP contribution in [0, 0.1) is 41.4 Å². The number of nitrogens with one attached hydrogen (secondary N) is 4. The Labute approximate surface area is 469 Å². The van der Waals surface area contributed by atoms with Gasteiger partial charge < -0.3 is 50.6 Å². The number of carbonyl (C=O) groups is 6. The lowest BCUT2D eigenvalue weighted by Crippen LogP contribution is -2.64. The molecule has 4 aliphatic heterocycles. The smallest absolute Gasteiger partial charge is 0.325 e. The quantitative estimate of drug-likeness (QED) is 0.0476. The second-order valence-corrected chi connectivity index (χ2v) is 23.3. The molecule has 2 saturated heterocycles. The molecule has 4 amide bonds. The van der Waals surface area contributed by atoms with Crippen LogP contribution in [0.25, 0.3) is 0 Å². The SMILES string of the molecule is CCc1ccc(CC2NC(=O)C(C(C)C)NC(=O)C(CCC(C)=O)C(O)C(C)C(O)C=CC=CCC(C(C)=CC=CCCC(C)C(O)CC3OC4(NC(=O)C(CC)CC4C)C(C)=CC3C)OC(=O)C3CCCN(N3)C2=O)cc1O. The zero-order valence-electron chi connectivity index (χ0n) is 48.7. The van der Waals surface area contributed by atoms with Crippen molar-refractivity contribution >= 4 is 35.4 Å². The number of nitrogens with zero attached hydrogens (tertiary/aromatic N) is 1. The van der Waals surface area contributed by atoms with E-state index in [0.29, 0.717) is 49.7 Å². The number of ether oxygens (including phenoxy) is 2. The summed E-state index contributed by atoms with van der Waals surface area (Å²) >= 11 is 0. The number of rotatable bonds is 16. The molecule has 4 heterocycles. The van der Waals surface area contributed by atoms with Crippen LogP contribution >= 0.6 is 0 Å². The van der Waals surface area contributed by atoms with E-state index in [1.165, 1.54) is 18.0 Å². The molecule has 79 heavy (non-hydrogen) atoms. The zero-order chi connectivity index (χ0) is 58.3. The lowest BCUT2D eigenvalue weighted by atomic mass is 9.75. The van der Waals surface area contributed by atoms with Gasteiger partial charge >= 0.3 is 5.97 Å². The van der Waals surface area contributed by atoms with E-state index in [1.54, 1.807) is 57.2 Å². The van der Waals surface area contributed by atoms with Crippen molar-refractivity contribution in [2.45, 2.75) is 208 Å². The molecular formula is C62H93N5O12. The van der Waals surface area contributed by atoms with Crippen molar-refractivity contribution in [2.24, 2.45) is 41.4 Å². The maximum absolute atomic E-state index is 14.6. The number of aliphatic hydroxyl groups is 3. The summed E-state index contributed by atoms with van der Waals surface area (Å²) in [6, 6.07) is 1.73. The third-order valence-electron chi connectivity index (χ3n) is 16.8. The number of phenols is 1. The maximum atomic E-state index is 14.6. The number of piperidine rings is 1. The van der Waals surface area contributed by atoms with Crippen molar-refractivity contribution in [3.63, 3.8) is 0 Å². The summed E-state index contributed by atoms with van der Waals surface area (Å²) in [5.74, 6) is -5.22. The number of cyclic esters (lactones) is 1. The van der Waals surface area contributed by atoms with Gasteiger partial charge in [0.15, 0.2) is 5.72 Å². The predicted octanol–water partition coefficient (Wildman–Crippen LogP) is 6.92. The number of hydrogen-bond donors (Lipinski definition) is 8. The second-order valence-electron chi connectivity index (χ2n) is 23.3. The van der Waals surface area contributed by atoms with Crippen LogP contribution in [0.1, 0.15) is 151 Å². The van der Waals surface area contributed by atoms with Crippen LogP contribution in [-0.2, 0) is 51.1 Å². The van der Waals surface area contributed by atoms with Crippen LogP contribution in [0.4, 0.5) is 0 Å². The topological polar surface area (TPSA) is 253 Å². The highest BCUT2D eigenvalue weighted by Crippen LogP contribution is 2.43. The predicted molar refractivity (Wildman–Crippen MR) is 303 cm³/mol. The fourth-order valence-corrected chi connectivity index (χ4v) is 11.3. The normalized spacial score (nSPS) is 31.9. The van der Waals surface area contributed by atoms with Gasteiger partial charge in [-0.25, -0.2) is 5.43 Å². The van der Waals surface area contributed by atoms with Gasteiger partial charge in [0.25, 0.3) is 5.91 Å². The molecule has 15 unspecified atom stereocenters. The van der Waals surface area contributed by atoms with Crippen LogP contribution in [0.15, 0.2) is 78.0 Å². The fourth-order valence-electron chi connectivity index (χ4n) is 11.3. The number of allylic oxidation sites excluding steroid dienone is 5. The third-order valence-corrected chi connectivity index (χ3v) is 16.8. The van der Waals surface area contributed by atoms with Gasteiger partial charge in [0.1, 0.15) is 35.8 Å². The summed E-state index contributed by atoms with van der Waals surface area (Å²) in [6.45, 7) is 20.6. The minimum Gasteiger partial charge on any atom is -0.508 e. The summed E-state index contributed by atoms with van der Waals surface area (Å²) < 4.78 is 13.0. The Morgan fingerprint density at radius 3 is 2.39 bits per heavy atom. The monoisotopic (exact) mass is 1100 g/mol. The number of carbonyl (C=O) groups excluding carboxylic acids is 6. The summed E-state index contributed by atoms with van der Waals surface area (Å²) in [5, 5.41) is 55.3. The Morgan fingerprint density at radius 2 is 1.72 bits per heavy atom. The molecular weight excluding hydrogens is 1010 g/mol. The van der Waals surface area contributed by atoms with E-state index in [1.807, 2.05) is 52.8 Å². The Bertz CT molecular complexity index is 2430. The molecule has 438 valence electrons. The Morgan fingerprint density at radius 1 is 0.987 bits per heavy atom. The highest BCUT2D eigenvalue weighted by Gasteiger charge is 2.51. The Balaban J connectivity index is 1.36. The zero-order valence-corrected chi connectivity index (χ0v) is 48.7. The molecule has 1 aromatic carbocycles. The number of hydrogen-bond acceptors (Lipinski definition) is 13. The highest BCUT2D eigenvalue weighted by molar-refractivity contribution is 5.93. The molecule has 0 saturated carbocycles. The molecule has 5 rings (SSSR count). The largest absolute Gasteiger partial charge is 0.508 e. The van der Waals surface area contributed by atoms with Crippen molar-refractivity contribution in [1.29, 1.82) is 0 Å². The molecule has 0 aromatic heterocycles. The summed E-state index contributed by atoms with van der Waals surface area (Å²) in [7, 11) is 0. The summed E-state index contributed by atoms with van der Waals surface area (Å²) in [4.78, 5) is 82.5. The Kier molecular flexibility index (Phi) is 24.3. The number of ketones is 1. The van der Waals surface area contributed by atoms with Crippen LogP contribution < -0.4 is 21.4 Å². The number of esters is 1. The number of fused-ring (bicyclic) bond motifs is 2. The molecule has 2 bridgehead atoms. The van der Waals surface area contributed by atoms with E-state index in [2.05, 4.69) is 41.3 Å². The first-order chi connectivity index (χ1) is 37.4. The molecule has 1 aromatic rings. The van der Waals surface area contributed by atoms with Gasteiger partial charge in [-0.15, -0.1) is 0 Å². The number of aryl methyl sites for hydroxylation is 1. The standard InChI is InChI=1S/C62H93N5O12/c1-12-45-28-27-44(34-52(45)71)33-49-60(76)67-30-20-23-48(66-67)61(77)78-53(25-19-15-18-24-50(69)43(11)56(72)47(29-26-42(10)68)58(74)64-55(36(3)4)59(75)63-49)38(6)22-17-14-16-21-37(5)51(70)35-54-39(7)31-40(8)62(79-54)41(9)32-46(13-2)57(73)65-62/h14-15,17-19,22,24,27-28,31,34,36-37,39,41,43,46-51,53-56,66,69-72H,12-13,16,20-21,23,25-26,29-30,32-33,35H2,1-11H3,(H,63,75)(H,64,74)(H,65,73). The van der Waals surface area contributed by atoms with E-state index in [0.717, 1.165) is 24.0 Å². The van der Waals surface area contributed by atoms with Gasteiger partial charge in [-0.1, -0.05) is 116 Å². The first-order valence-electron chi connectivity index (χ1n) is 29.0. The molecule has 17 nitrogen and oxygen atoms in total. The van der Waals surface area contributed by atoms with Gasteiger partial charge in [-0.3, -0.25) is 29.0 Å². The van der Waals surface area contributed by atoms with Crippen molar-refractivity contribution in [1.82, 2.24) is 26.4 Å². The molecule has 0 aliphatic carbocycles. The number of Topliss-reactive ketones (excluding diaryl/α,β-unsaturated/α-hetero) is 1. The van der Waals surface area contributed by atoms with E-state index < -0.39 is 89.7 Å². The van der Waals surface area contributed by atoms with Gasteiger partial charge in [-0.05, 0) is 112 Å². The number of aromatic hydroxyl groups is 1. The van der Waals surface area contributed by atoms with Crippen LogP contribution in [0.3, 0.4) is 0 Å². The number of amides is 4.